The van der Waals surface area contributed by atoms with Crippen LogP contribution in [0.3, 0.4) is 0 Å². The van der Waals surface area contributed by atoms with Crippen LogP contribution in [0, 0.1) is 0 Å². The Bertz CT molecular complexity index is 512. The third-order valence-electron chi connectivity index (χ3n) is 2.97. The lowest BCUT2D eigenvalue weighted by atomic mass is 10.0. The zero-order valence-electron chi connectivity index (χ0n) is 10.5. The van der Waals surface area contributed by atoms with Crippen molar-refractivity contribution in [2.45, 2.75) is 25.8 Å². The van der Waals surface area contributed by atoms with Crippen molar-refractivity contribution < 1.29 is 0 Å². The van der Waals surface area contributed by atoms with Crippen LogP contribution in [0.15, 0.2) is 28.7 Å². The Morgan fingerprint density at radius 2 is 2.17 bits per heavy atom. The van der Waals surface area contributed by atoms with Gasteiger partial charge in [-0.25, -0.2) is 0 Å². The van der Waals surface area contributed by atoms with Crippen LogP contribution in [0.2, 0.25) is 0 Å². The molecule has 0 saturated heterocycles. The molecule has 0 aliphatic heterocycles. The van der Waals surface area contributed by atoms with Gasteiger partial charge in [-0.15, -0.1) is 5.10 Å². The van der Waals surface area contributed by atoms with Crippen molar-refractivity contribution in [2.75, 3.05) is 7.05 Å². The van der Waals surface area contributed by atoms with Gasteiger partial charge in [0.15, 0.2) is 0 Å². The van der Waals surface area contributed by atoms with Gasteiger partial charge in [-0.2, -0.15) is 0 Å². The van der Waals surface area contributed by atoms with Gasteiger partial charge in [0, 0.05) is 10.5 Å². The third-order valence-corrected chi connectivity index (χ3v) is 4.62. The van der Waals surface area contributed by atoms with Gasteiger partial charge < -0.3 is 5.32 Å². The van der Waals surface area contributed by atoms with Crippen molar-refractivity contribution in [3.05, 3.63) is 44.9 Å². The van der Waals surface area contributed by atoms with E-state index in [1.807, 2.05) is 13.1 Å². The minimum absolute atomic E-state index is 0.277. The molecule has 96 valence electrons. The first-order valence-corrected chi connectivity index (χ1v) is 7.54. The first kappa shape index (κ1) is 13.6. The molecule has 0 bridgehead atoms. The smallest absolute Gasteiger partial charge is 0.0801 e. The number of aromatic nitrogens is 2. The Morgan fingerprint density at radius 1 is 1.39 bits per heavy atom. The number of nitrogens with zero attached hydrogens (tertiary/aromatic N) is 2. The Labute approximate surface area is 120 Å². The van der Waals surface area contributed by atoms with Gasteiger partial charge in [0.2, 0.25) is 0 Å². The van der Waals surface area contributed by atoms with Crippen molar-refractivity contribution in [1.29, 1.82) is 0 Å². The fourth-order valence-corrected chi connectivity index (χ4v) is 3.23. The molecule has 1 unspecified atom stereocenters. The summed E-state index contributed by atoms with van der Waals surface area (Å²) in [5, 5.41) is 7.55. The summed E-state index contributed by atoms with van der Waals surface area (Å²) < 4.78 is 5.22. The number of halogens is 1. The zero-order chi connectivity index (χ0) is 13.0. The first-order chi connectivity index (χ1) is 8.76. The van der Waals surface area contributed by atoms with Gasteiger partial charge in [0.1, 0.15) is 0 Å². The second-order valence-corrected chi connectivity index (χ2v) is 5.71. The highest BCUT2D eigenvalue weighted by atomic mass is 79.9. The van der Waals surface area contributed by atoms with Crippen molar-refractivity contribution in [3.63, 3.8) is 0 Å². The second-order valence-electron chi connectivity index (χ2n) is 4.07. The number of nitrogens with one attached hydrogen (secondary N) is 1. The molecule has 0 amide bonds. The minimum Gasteiger partial charge on any atom is -0.312 e. The van der Waals surface area contributed by atoms with Gasteiger partial charge in [-0.3, -0.25) is 0 Å². The molecule has 0 spiro atoms. The van der Waals surface area contributed by atoms with Crippen LogP contribution in [0.5, 0.6) is 0 Å². The Hall–Kier alpha value is -0.780. The molecular weight excluding hydrogens is 310 g/mol. The number of benzene rings is 1. The Kier molecular flexibility index (Phi) is 4.86. The summed E-state index contributed by atoms with van der Waals surface area (Å²) in [6.07, 6.45) is 1.87. The molecular formula is C13H16BrN3S. The van der Waals surface area contributed by atoms with Crippen LogP contribution < -0.4 is 5.32 Å². The number of aryl methyl sites for hydroxylation is 1. The fourth-order valence-electron chi connectivity index (χ4n) is 1.94. The van der Waals surface area contributed by atoms with Crippen molar-refractivity contribution >= 4 is 27.5 Å². The quantitative estimate of drug-likeness (QED) is 0.915. The van der Waals surface area contributed by atoms with E-state index in [2.05, 4.69) is 56.0 Å². The lowest BCUT2D eigenvalue weighted by molar-refractivity contribution is 0.594. The normalized spacial score (nSPS) is 12.6. The molecule has 0 aliphatic rings. The molecule has 0 radical (unpaired) electrons. The average Bonchev–Trinajstić information content (AvgIpc) is 2.86. The molecule has 18 heavy (non-hydrogen) atoms. The number of likely N-dealkylation sites (N-methyl/N-ethyl adjacent to an activating group) is 1. The van der Waals surface area contributed by atoms with Crippen LogP contribution in [0.4, 0.5) is 0 Å². The standard InChI is InChI=1S/C13H16BrN3S/c1-3-11-13(18-17-16-11)12(15-2)8-9-6-4-5-7-10(9)14/h4-7,12,15H,3,8H2,1-2H3. The van der Waals surface area contributed by atoms with E-state index in [1.165, 1.54) is 22.0 Å². The van der Waals surface area contributed by atoms with Gasteiger partial charge >= 0.3 is 0 Å². The highest BCUT2D eigenvalue weighted by molar-refractivity contribution is 9.10. The van der Waals surface area contributed by atoms with Crippen molar-refractivity contribution in [2.24, 2.45) is 0 Å². The average molecular weight is 326 g/mol. The Balaban J connectivity index is 2.23. The summed E-state index contributed by atoms with van der Waals surface area (Å²) in [6, 6.07) is 8.60. The molecule has 1 atom stereocenters. The van der Waals surface area contributed by atoms with Gasteiger partial charge in [0.25, 0.3) is 0 Å². The van der Waals surface area contributed by atoms with E-state index < -0.39 is 0 Å². The number of hydrogen-bond acceptors (Lipinski definition) is 4. The molecule has 3 nitrogen and oxygen atoms in total. The SMILES string of the molecule is CCc1nnsc1C(Cc1ccccc1Br)NC. The second kappa shape index (κ2) is 6.41. The molecule has 1 aromatic carbocycles. The monoisotopic (exact) mass is 325 g/mol. The minimum atomic E-state index is 0.277. The molecule has 5 heteroatoms. The molecule has 1 heterocycles. The van der Waals surface area contributed by atoms with Crippen LogP contribution in [0.1, 0.15) is 29.1 Å². The summed E-state index contributed by atoms with van der Waals surface area (Å²) in [7, 11) is 1.99. The topological polar surface area (TPSA) is 37.8 Å². The fraction of sp³-hybridized carbons (Fsp3) is 0.385. The first-order valence-electron chi connectivity index (χ1n) is 5.98. The largest absolute Gasteiger partial charge is 0.312 e. The maximum Gasteiger partial charge on any atom is 0.0801 e. The van der Waals surface area contributed by atoms with E-state index in [0.29, 0.717) is 0 Å². The summed E-state index contributed by atoms with van der Waals surface area (Å²) in [5.41, 5.74) is 2.40. The van der Waals surface area contributed by atoms with Crippen molar-refractivity contribution in [1.82, 2.24) is 14.9 Å². The highest BCUT2D eigenvalue weighted by Crippen LogP contribution is 2.27. The number of hydrogen-bond donors (Lipinski definition) is 1. The molecule has 0 aliphatic carbocycles. The van der Waals surface area contributed by atoms with Crippen LogP contribution in [-0.4, -0.2) is 16.6 Å². The van der Waals surface area contributed by atoms with E-state index in [1.54, 1.807) is 0 Å². The Morgan fingerprint density at radius 3 is 2.83 bits per heavy atom. The summed E-state index contributed by atoms with van der Waals surface area (Å²) in [6.45, 7) is 2.12. The molecule has 0 saturated carbocycles. The maximum absolute atomic E-state index is 4.18. The predicted molar refractivity (Wildman–Crippen MR) is 78.9 cm³/mol. The van der Waals surface area contributed by atoms with Gasteiger partial charge in [0.05, 0.1) is 10.6 Å². The van der Waals surface area contributed by atoms with E-state index in [4.69, 9.17) is 0 Å². The summed E-state index contributed by atoms with van der Waals surface area (Å²) in [4.78, 5) is 1.25. The van der Waals surface area contributed by atoms with E-state index >= 15 is 0 Å². The van der Waals surface area contributed by atoms with Crippen LogP contribution >= 0.6 is 27.5 Å². The lowest BCUT2D eigenvalue weighted by Gasteiger charge is -2.16. The molecule has 2 rings (SSSR count). The molecule has 1 aromatic heterocycles. The van der Waals surface area contributed by atoms with Gasteiger partial charge in [-0.05, 0) is 43.1 Å². The van der Waals surface area contributed by atoms with E-state index in [9.17, 15) is 0 Å². The lowest BCUT2D eigenvalue weighted by Crippen LogP contribution is -2.19. The highest BCUT2D eigenvalue weighted by Gasteiger charge is 2.18. The molecule has 1 N–H and O–H groups in total. The van der Waals surface area contributed by atoms with Crippen LogP contribution in [0.25, 0.3) is 0 Å². The zero-order valence-corrected chi connectivity index (χ0v) is 12.9. The molecule has 2 aromatic rings. The van der Waals surface area contributed by atoms with Gasteiger partial charge in [-0.1, -0.05) is 45.5 Å². The van der Waals surface area contributed by atoms with E-state index in [-0.39, 0.29) is 6.04 Å². The van der Waals surface area contributed by atoms with Crippen molar-refractivity contribution in [3.8, 4) is 0 Å². The molecule has 0 fully saturated rings. The predicted octanol–water partition coefficient (Wildman–Crippen LogP) is 3.37. The maximum atomic E-state index is 4.18. The summed E-state index contributed by atoms with van der Waals surface area (Å²) >= 11 is 5.09. The third kappa shape index (κ3) is 2.96. The van der Waals surface area contributed by atoms with Crippen LogP contribution in [-0.2, 0) is 12.8 Å². The summed E-state index contributed by atoms with van der Waals surface area (Å²) in [5.74, 6) is 0. The van der Waals surface area contributed by atoms with E-state index in [0.717, 1.165) is 23.0 Å². The number of rotatable bonds is 5.